The van der Waals surface area contributed by atoms with Crippen LogP contribution in [0.1, 0.15) is 5.56 Å². The largest absolute Gasteiger partial charge is 0.507 e. The molecule has 1 aromatic carbocycles. The zero-order valence-corrected chi connectivity index (χ0v) is 7.04. The van der Waals surface area contributed by atoms with E-state index >= 15 is 0 Å². The molecule has 0 radical (unpaired) electrons. The third-order valence-corrected chi connectivity index (χ3v) is 1.56. The van der Waals surface area contributed by atoms with Gasteiger partial charge in [0, 0.05) is 23.8 Å². The Morgan fingerprint density at radius 3 is 2.86 bits per heavy atom. The van der Waals surface area contributed by atoms with E-state index in [0.29, 0.717) is 0 Å². The minimum atomic E-state index is -0.566. The highest BCUT2D eigenvalue weighted by atomic mass is 16.6. The molecule has 0 unspecified atom stereocenters. The van der Waals surface area contributed by atoms with Crippen LogP contribution in [0.4, 0.5) is 5.69 Å². The number of hydrogen-bond donors (Lipinski definition) is 1. The first-order valence-corrected chi connectivity index (χ1v) is 3.68. The van der Waals surface area contributed by atoms with Gasteiger partial charge in [0.2, 0.25) is 0 Å². The van der Waals surface area contributed by atoms with Gasteiger partial charge in [0.25, 0.3) is 5.69 Å². The van der Waals surface area contributed by atoms with Crippen molar-refractivity contribution in [2.24, 2.45) is 0 Å². The maximum Gasteiger partial charge on any atom is 0.270 e. The molecule has 1 aromatic rings. The van der Waals surface area contributed by atoms with Crippen LogP contribution in [0, 0.1) is 21.4 Å². The smallest absolute Gasteiger partial charge is 0.270 e. The summed E-state index contributed by atoms with van der Waals surface area (Å²) in [5.74, 6) is -0.0953. The van der Waals surface area contributed by atoms with Gasteiger partial charge in [-0.2, -0.15) is 5.26 Å². The molecule has 1 rings (SSSR count). The minimum Gasteiger partial charge on any atom is -0.507 e. The molecule has 0 fully saturated rings. The number of benzene rings is 1. The van der Waals surface area contributed by atoms with E-state index in [2.05, 4.69) is 0 Å². The molecule has 0 amide bonds. The van der Waals surface area contributed by atoms with Crippen molar-refractivity contribution in [1.82, 2.24) is 0 Å². The van der Waals surface area contributed by atoms with E-state index in [-0.39, 0.29) is 17.0 Å². The lowest BCUT2D eigenvalue weighted by Crippen LogP contribution is -1.87. The highest BCUT2D eigenvalue weighted by molar-refractivity contribution is 5.61. The maximum absolute atomic E-state index is 10.4. The molecule has 0 heterocycles. The van der Waals surface area contributed by atoms with Crippen molar-refractivity contribution in [1.29, 1.82) is 5.26 Å². The van der Waals surface area contributed by atoms with Crippen LogP contribution in [0.2, 0.25) is 0 Å². The van der Waals surface area contributed by atoms with Gasteiger partial charge in [-0.15, -0.1) is 0 Å². The summed E-state index contributed by atoms with van der Waals surface area (Å²) in [7, 11) is 0. The summed E-state index contributed by atoms with van der Waals surface area (Å²) in [6.45, 7) is 0. The molecule has 0 bridgehead atoms. The van der Waals surface area contributed by atoms with Crippen molar-refractivity contribution in [2.45, 2.75) is 0 Å². The first kappa shape index (κ1) is 9.74. The Labute approximate surface area is 79.7 Å². The fourth-order valence-corrected chi connectivity index (χ4v) is 0.916. The topological polar surface area (TPSA) is 87.2 Å². The van der Waals surface area contributed by atoms with Crippen molar-refractivity contribution in [2.75, 3.05) is 0 Å². The number of allylic oxidation sites excluding steroid dienone is 1. The van der Waals surface area contributed by atoms with Crippen LogP contribution in [-0.2, 0) is 0 Å². The van der Waals surface area contributed by atoms with Crippen LogP contribution >= 0.6 is 0 Å². The van der Waals surface area contributed by atoms with Gasteiger partial charge in [-0.1, -0.05) is 0 Å². The molecule has 14 heavy (non-hydrogen) atoms. The third-order valence-electron chi connectivity index (χ3n) is 1.56. The summed E-state index contributed by atoms with van der Waals surface area (Å²) in [5, 5.41) is 27.9. The number of nitro groups is 1. The molecule has 70 valence electrons. The van der Waals surface area contributed by atoms with Crippen LogP contribution in [0.3, 0.4) is 0 Å². The molecule has 1 N–H and O–H groups in total. The van der Waals surface area contributed by atoms with Crippen LogP contribution in [0.15, 0.2) is 24.3 Å². The Morgan fingerprint density at radius 1 is 1.57 bits per heavy atom. The second-order valence-corrected chi connectivity index (χ2v) is 2.46. The molecule has 0 saturated carbocycles. The summed E-state index contributed by atoms with van der Waals surface area (Å²) in [6, 6.07) is 5.34. The molecule has 5 nitrogen and oxygen atoms in total. The zero-order chi connectivity index (χ0) is 10.6. The summed E-state index contributed by atoms with van der Waals surface area (Å²) in [6.07, 6.45) is 2.45. The monoisotopic (exact) mass is 190 g/mol. The minimum absolute atomic E-state index is 0.0953. The maximum atomic E-state index is 10.4. The van der Waals surface area contributed by atoms with Crippen molar-refractivity contribution < 1.29 is 10.0 Å². The Morgan fingerprint density at radius 2 is 2.29 bits per heavy atom. The van der Waals surface area contributed by atoms with E-state index in [9.17, 15) is 15.2 Å². The van der Waals surface area contributed by atoms with E-state index in [0.717, 1.165) is 6.08 Å². The first-order valence-electron chi connectivity index (χ1n) is 3.68. The number of hydrogen-bond acceptors (Lipinski definition) is 4. The van der Waals surface area contributed by atoms with Gasteiger partial charge in [0.15, 0.2) is 0 Å². The van der Waals surface area contributed by atoms with Crippen molar-refractivity contribution in [3.63, 3.8) is 0 Å². The normalized spacial score (nSPS) is 9.93. The highest BCUT2D eigenvalue weighted by Gasteiger charge is 2.07. The Kier molecular flexibility index (Phi) is 2.82. The second kappa shape index (κ2) is 4.05. The molecule has 0 aliphatic carbocycles. The van der Waals surface area contributed by atoms with Gasteiger partial charge in [0.1, 0.15) is 5.75 Å². The van der Waals surface area contributed by atoms with E-state index in [4.69, 9.17) is 5.26 Å². The molecule has 0 spiro atoms. The van der Waals surface area contributed by atoms with Crippen LogP contribution in [0.25, 0.3) is 6.08 Å². The summed E-state index contributed by atoms with van der Waals surface area (Å²) in [5.41, 5.74) is 0.126. The predicted octanol–water partition coefficient (Wildman–Crippen LogP) is 1.84. The van der Waals surface area contributed by atoms with Gasteiger partial charge in [0.05, 0.1) is 11.0 Å². The van der Waals surface area contributed by atoms with E-state index in [1.807, 2.05) is 0 Å². The van der Waals surface area contributed by atoms with Crippen molar-refractivity contribution >= 4 is 11.8 Å². The van der Waals surface area contributed by atoms with Crippen molar-refractivity contribution in [3.8, 4) is 11.8 Å². The molecule has 5 heteroatoms. The SMILES string of the molecule is N#CC=Cc1cc([N+](=O)[O-])ccc1O. The lowest BCUT2D eigenvalue weighted by atomic mass is 10.1. The highest BCUT2D eigenvalue weighted by Crippen LogP contribution is 2.23. The number of phenolic OH excluding ortho intramolecular Hbond substituents is 1. The van der Waals surface area contributed by atoms with Crippen molar-refractivity contribution in [3.05, 3.63) is 40.0 Å². The average Bonchev–Trinajstić information content (AvgIpc) is 2.16. The lowest BCUT2D eigenvalue weighted by molar-refractivity contribution is -0.384. The second-order valence-electron chi connectivity index (χ2n) is 2.46. The van der Waals surface area contributed by atoms with Crippen LogP contribution < -0.4 is 0 Å². The van der Waals surface area contributed by atoms with Gasteiger partial charge >= 0.3 is 0 Å². The fourth-order valence-electron chi connectivity index (χ4n) is 0.916. The van der Waals surface area contributed by atoms with Gasteiger partial charge in [-0.3, -0.25) is 10.1 Å². The number of phenols is 1. The summed E-state index contributed by atoms with van der Waals surface area (Å²) in [4.78, 5) is 9.81. The Balaban J connectivity index is 3.16. The molecular formula is C9H6N2O3. The standard InChI is InChI=1S/C9H6N2O3/c10-5-1-2-7-6-8(11(13)14)3-4-9(7)12/h1-4,6,12H. The first-order chi connectivity index (χ1) is 6.65. The van der Waals surface area contributed by atoms with Crippen LogP contribution in [0.5, 0.6) is 5.75 Å². The number of aromatic hydroxyl groups is 1. The fraction of sp³-hybridized carbons (Fsp3) is 0. The molecule has 0 atom stereocenters. The van der Waals surface area contributed by atoms with Crippen LogP contribution in [-0.4, -0.2) is 10.0 Å². The number of nitrogens with zero attached hydrogens (tertiary/aromatic N) is 2. The summed E-state index contributed by atoms with van der Waals surface area (Å²) >= 11 is 0. The Bertz CT molecular complexity index is 432. The third kappa shape index (κ3) is 2.08. The lowest BCUT2D eigenvalue weighted by Gasteiger charge is -1.97. The predicted molar refractivity (Wildman–Crippen MR) is 49.4 cm³/mol. The summed E-state index contributed by atoms with van der Waals surface area (Å²) < 4.78 is 0. The Hall–Kier alpha value is -2.35. The number of rotatable bonds is 2. The molecule has 0 aromatic heterocycles. The van der Waals surface area contributed by atoms with E-state index in [1.165, 1.54) is 24.3 Å². The van der Waals surface area contributed by atoms with Gasteiger partial charge < -0.3 is 5.11 Å². The van der Waals surface area contributed by atoms with Gasteiger partial charge in [-0.25, -0.2) is 0 Å². The number of nitriles is 1. The van der Waals surface area contributed by atoms with E-state index < -0.39 is 4.92 Å². The van der Waals surface area contributed by atoms with Gasteiger partial charge in [-0.05, 0) is 12.1 Å². The zero-order valence-electron chi connectivity index (χ0n) is 7.04. The number of non-ortho nitro benzene ring substituents is 1. The van der Waals surface area contributed by atoms with E-state index in [1.54, 1.807) is 6.07 Å². The molecule has 0 aliphatic rings. The number of nitro benzene ring substituents is 1. The average molecular weight is 190 g/mol. The molecule has 0 aliphatic heterocycles. The molecule has 0 saturated heterocycles. The molecular weight excluding hydrogens is 184 g/mol. The quantitative estimate of drug-likeness (QED) is 0.437.